The third kappa shape index (κ3) is 4.20. The number of benzene rings is 1. The molecular formula is C13H16N2O2. The fraction of sp³-hybridized carbons (Fsp3) is 0.231. The second kappa shape index (κ2) is 7.35. The van der Waals surface area contributed by atoms with Crippen LogP contribution in [0, 0.1) is 5.92 Å². The zero-order chi connectivity index (χ0) is 12.5. The van der Waals surface area contributed by atoms with Crippen LogP contribution in [-0.2, 0) is 0 Å². The smallest absolute Gasteiger partial charge is 0.172 e. The van der Waals surface area contributed by atoms with Crippen LogP contribution in [0.25, 0.3) is 0 Å². The average Bonchev–Trinajstić information content (AvgIpc) is 2.38. The zero-order valence-electron chi connectivity index (χ0n) is 9.54. The van der Waals surface area contributed by atoms with E-state index in [1.165, 1.54) is 6.21 Å². The van der Waals surface area contributed by atoms with Gasteiger partial charge in [-0.2, -0.15) is 0 Å². The van der Waals surface area contributed by atoms with Crippen molar-refractivity contribution in [2.75, 3.05) is 13.1 Å². The van der Waals surface area contributed by atoms with Gasteiger partial charge in [0.25, 0.3) is 0 Å². The number of carbonyl (C=O) groups excluding carboxylic acids is 1. The molecule has 0 fully saturated rings. The monoisotopic (exact) mass is 232 g/mol. The first-order chi connectivity index (χ1) is 8.29. The molecule has 1 aromatic rings. The van der Waals surface area contributed by atoms with Crippen molar-refractivity contribution in [1.82, 2.24) is 5.32 Å². The van der Waals surface area contributed by atoms with E-state index in [0.717, 1.165) is 0 Å². The van der Waals surface area contributed by atoms with Crippen molar-refractivity contribution in [2.45, 2.75) is 0 Å². The van der Waals surface area contributed by atoms with Crippen LogP contribution >= 0.6 is 0 Å². The van der Waals surface area contributed by atoms with E-state index in [4.69, 9.17) is 5.21 Å². The molecule has 0 aliphatic carbocycles. The minimum atomic E-state index is -0.470. The van der Waals surface area contributed by atoms with Gasteiger partial charge in [-0.05, 0) is 0 Å². The van der Waals surface area contributed by atoms with Crippen molar-refractivity contribution in [3.05, 3.63) is 48.6 Å². The molecule has 0 aliphatic rings. The first kappa shape index (κ1) is 13.1. The summed E-state index contributed by atoms with van der Waals surface area (Å²) in [5, 5.41) is 14.5. The van der Waals surface area contributed by atoms with Gasteiger partial charge >= 0.3 is 0 Å². The number of oxime groups is 1. The molecule has 17 heavy (non-hydrogen) atoms. The Morgan fingerprint density at radius 3 is 2.76 bits per heavy atom. The minimum absolute atomic E-state index is 0.0695. The van der Waals surface area contributed by atoms with E-state index in [-0.39, 0.29) is 5.78 Å². The lowest BCUT2D eigenvalue weighted by Gasteiger charge is -2.10. The molecule has 0 radical (unpaired) electrons. The van der Waals surface area contributed by atoms with Crippen LogP contribution in [0.1, 0.15) is 10.4 Å². The van der Waals surface area contributed by atoms with Gasteiger partial charge in [0.15, 0.2) is 5.78 Å². The second-order valence-electron chi connectivity index (χ2n) is 3.55. The van der Waals surface area contributed by atoms with Crippen LogP contribution in [0.3, 0.4) is 0 Å². The predicted molar refractivity (Wildman–Crippen MR) is 67.6 cm³/mol. The van der Waals surface area contributed by atoms with Crippen LogP contribution in [0.4, 0.5) is 0 Å². The summed E-state index contributed by atoms with van der Waals surface area (Å²) in [6.45, 7) is 4.61. The number of hydrogen-bond donors (Lipinski definition) is 2. The van der Waals surface area contributed by atoms with Gasteiger partial charge in [0.1, 0.15) is 0 Å². The fourth-order valence-corrected chi connectivity index (χ4v) is 1.45. The molecule has 4 heteroatoms. The Kier molecular flexibility index (Phi) is 5.68. The van der Waals surface area contributed by atoms with E-state index in [0.29, 0.717) is 18.7 Å². The number of carbonyl (C=O) groups is 1. The lowest BCUT2D eigenvalue weighted by molar-refractivity contribution is 0.0954. The summed E-state index contributed by atoms with van der Waals surface area (Å²) in [4.78, 5) is 12.1. The number of nitrogens with zero attached hydrogens (tertiary/aromatic N) is 1. The average molecular weight is 232 g/mol. The molecule has 0 bridgehead atoms. The van der Waals surface area contributed by atoms with Crippen LogP contribution in [-0.4, -0.2) is 30.3 Å². The highest BCUT2D eigenvalue weighted by Crippen LogP contribution is 2.07. The molecule has 1 atom stereocenters. The Morgan fingerprint density at radius 1 is 1.47 bits per heavy atom. The maximum atomic E-state index is 12.1. The summed E-state index contributed by atoms with van der Waals surface area (Å²) in [7, 11) is 0. The molecular weight excluding hydrogens is 216 g/mol. The maximum absolute atomic E-state index is 12.1. The molecule has 0 aliphatic heterocycles. The van der Waals surface area contributed by atoms with Crippen molar-refractivity contribution >= 4 is 12.0 Å². The van der Waals surface area contributed by atoms with Crippen molar-refractivity contribution in [1.29, 1.82) is 0 Å². The summed E-state index contributed by atoms with van der Waals surface area (Å²) >= 11 is 0. The van der Waals surface area contributed by atoms with E-state index < -0.39 is 5.92 Å². The normalized spacial score (nSPS) is 12.5. The largest absolute Gasteiger partial charge is 0.411 e. The van der Waals surface area contributed by atoms with Gasteiger partial charge in [0.05, 0.1) is 12.1 Å². The molecule has 2 N–H and O–H groups in total. The topological polar surface area (TPSA) is 61.7 Å². The van der Waals surface area contributed by atoms with E-state index >= 15 is 0 Å². The summed E-state index contributed by atoms with van der Waals surface area (Å²) in [6, 6.07) is 8.94. The maximum Gasteiger partial charge on any atom is 0.172 e. The molecule has 1 rings (SSSR count). The summed E-state index contributed by atoms with van der Waals surface area (Å²) < 4.78 is 0. The number of hydrogen-bond acceptors (Lipinski definition) is 4. The Balaban J connectivity index is 2.70. The Labute approximate surface area is 101 Å². The van der Waals surface area contributed by atoms with Gasteiger partial charge in [-0.1, -0.05) is 36.4 Å². The van der Waals surface area contributed by atoms with Gasteiger partial charge in [0.2, 0.25) is 0 Å². The highest BCUT2D eigenvalue weighted by molar-refractivity contribution is 6.06. The van der Waals surface area contributed by atoms with Crippen LogP contribution in [0.2, 0.25) is 0 Å². The van der Waals surface area contributed by atoms with Gasteiger partial charge in [-0.15, -0.1) is 11.7 Å². The number of ketones is 1. The SMILES string of the molecule is C=CCNCC(C=NO)C(=O)c1ccccc1. The minimum Gasteiger partial charge on any atom is -0.411 e. The van der Waals surface area contributed by atoms with E-state index in [1.807, 2.05) is 6.07 Å². The Morgan fingerprint density at radius 2 is 2.18 bits per heavy atom. The Bertz CT molecular complexity index is 388. The first-order valence-corrected chi connectivity index (χ1v) is 5.38. The molecule has 0 heterocycles. The molecule has 0 aromatic heterocycles. The van der Waals surface area contributed by atoms with E-state index in [1.54, 1.807) is 30.3 Å². The van der Waals surface area contributed by atoms with Gasteiger partial charge < -0.3 is 10.5 Å². The third-order valence-corrected chi connectivity index (χ3v) is 2.29. The van der Waals surface area contributed by atoms with Crippen LogP contribution < -0.4 is 5.32 Å². The first-order valence-electron chi connectivity index (χ1n) is 5.38. The molecule has 0 amide bonds. The zero-order valence-corrected chi connectivity index (χ0v) is 9.54. The lowest BCUT2D eigenvalue weighted by atomic mass is 9.98. The van der Waals surface area contributed by atoms with Crippen LogP contribution in [0.15, 0.2) is 48.1 Å². The molecule has 0 spiro atoms. The highest BCUT2D eigenvalue weighted by atomic mass is 16.4. The lowest BCUT2D eigenvalue weighted by Crippen LogP contribution is -2.30. The van der Waals surface area contributed by atoms with Crippen molar-refractivity contribution < 1.29 is 10.0 Å². The standard InChI is InChI=1S/C13H16N2O2/c1-2-8-14-9-12(10-15-17)13(16)11-6-4-3-5-7-11/h2-7,10,12,14,17H,1,8-9H2. The van der Waals surface area contributed by atoms with Gasteiger partial charge in [-0.3, -0.25) is 4.79 Å². The van der Waals surface area contributed by atoms with Crippen LogP contribution in [0.5, 0.6) is 0 Å². The quantitative estimate of drug-likeness (QED) is 0.188. The number of nitrogens with one attached hydrogen (secondary N) is 1. The van der Waals surface area contributed by atoms with Gasteiger partial charge in [-0.25, -0.2) is 0 Å². The van der Waals surface area contributed by atoms with Crippen molar-refractivity contribution in [3.63, 3.8) is 0 Å². The number of rotatable bonds is 7. The van der Waals surface area contributed by atoms with E-state index in [2.05, 4.69) is 17.1 Å². The number of Topliss-reactive ketones (excluding diaryl/α,β-unsaturated/α-hetero) is 1. The molecule has 0 saturated heterocycles. The summed E-state index contributed by atoms with van der Waals surface area (Å²) in [5.41, 5.74) is 0.609. The van der Waals surface area contributed by atoms with Crippen molar-refractivity contribution in [3.8, 4) is 0 Å². The van der Waals surface area contributed by atoms with E-state index in [9.17, 15) is 4.79 Å². The molecule has 90 valence electrons. The molecule has 1 aromatic carbocycles. The fourth-order valence-electron chi connectivity index (χ4n) is 1.45. The molecule has 4 nitrogen and oxygen atoms in total. The van der Waals surface area contributed by atoms with Crippen molar-refractivity contribution in [2.24, 2.45) is 11.1 Å². The van der Waals surface area contributed by atoms with Gasteiger partial charge in [0, 0.05) is 18.7 Å². The summed E-state index contributed by atoms with van der Waals surface area (Å²) in [6.07, 6.45) is 2.95. The summed E-state index contributed by atoms with van der Waals surface area (Å²) in [5.74, 6) is -0.540. The Hall–Kier alpha value is -1.94. The molecule has 0 saturated carbocycles. The third-order valence-electron chi connectivity index (χ3n) is 2.29. The predicted octanol–water partition coefficient (Wildman–Crippen LogP) is 1.72. The second-order valence-corrected chi connectivity index (χ2v) is 3.55. The highest BCUT2D eigenvalue weighted by Gasteiger charge is 2.17. The molecule has 1 unspecified atom stereocenters.